The third kappa shape index (κ3) is 4.36. The molecule has 0 atom stereocenters. The Morgan fingerprint density at radius 1 is 1.10 bits per heavy atom. The van der Waals surface area contributed by atoms with Gasteiger partial charge in [0, 0.05) is 42.6 Å². The number of para-hydroxylation sites is 1. The van der Waals surface area contributed by atoms with Crippen LogP contribution >= 0.6 is 0 Å². The molecule has 4 rings (SSSR count). The fraction of sp³-hybridized carbons (Fsp3) is 0.400. The SMILES string of the molecule is COc1cccc(Cn2c(C(=O)N3CCC(NC(C)C)CC3)cc3ccccc32)c1. The maximum atomic E-state index is 13.5. The molecule has 2 aromatic carbocycles. The third-order valence-electron chi connectivity index (χ3n) is 5.86. The zero-order valence-corrected chi connectivity index (χ0v) is 18.1. The van der Waals surface area contributed by atoms with Gasteiger partial charge in [0.05, 0.1) is 7.11 Å². The zero-order chi connectivity index (χ0) is 21.1. The second-order valence-corrected chi connectivity index (χ2v) is 8.41. The highest BCUT2D eigenvalue weighted by atomic mass is 16.5. The van der Waals surface area contributed by atoms with Gasteiger partial charge in [-0.3, -0.25) is 4.79 Å². The summed E-state index contributed by atoms with van der Waals surface area (Å²) in [4.78, 5) is 15.5. The van der Waals surface area contributed by atoms with E-state index >= 15 is 0 Å². The van der Waals surface area contributed by atoms with Crippen LogP contribution in [0.1, 0.15) is 42.7 Å². The molecule has 0 aliphatic carbocycles. The number of methoxy groups -OCH3 is 1. The van der Waals surface area contributed by atoms with Crippen LogP contribution in [0.5, 0.6) is 5.75 Å². The molecule has 5 nitrogen and oxygen atoms in total. The molecule has 5 heteroatoms. The number of hydrogen-bond acceptors (Lipinski definition) is 3. The first-order valence-corrected chi connectivity index (χ1v) is 10.8. The molecule has 1 N–H and O–H groups in total. The van der Waals surface area contributed by atoms with E-state index in [9.17, 15) is 4.79 Å². The average molecular weight is 406 g/mol. The van der Waals surface area contributed by atoms with Crippen molar-refractivity contribution in [2.45, 2.75) is 45.3 Å². The van der Waals surface area contributed by atoms with E-state index < -0.39 is 0 Å². The molecular weight excluding hydrogens is 374 g/mol. The van der Waals surface area contributed by atoms with Gasteiger partial charge in [-0.15, -0.1) is 0 Å². The van der Waals surface area contributed by atoms with Crippen molar-refractivity contribution in [3.8, 4) is 5.75 Å². The van der Waals surface area contributed by atoms with Crippen LogP contribution in [0.3, 0.4) is 0 Å². The number of ether oxygens (including phenoxy) is 1. The molecule has 158 valence electrons. The number of amides is 1. The van der Waals surface area contributed by atoms with E-state index in [0.717, 1.165) is 53.8 Å². The number of nitrogens with zero attached hydrogens (tertiary/aromatic N) is 2. The molecule has 1 fully saturated rings. The molecule has 1 aliphatic rings. The number of piperidine rings is 1. The van der Waals surface area contributed by atoms with Gasteiger partial charge in [0.1, 0.15) is 11.4 Å². The normalized spacial score (nSPS) is 15.1. The topological polar surface area (TPSA) is 46.5 Å². The molecule has 0 bridgehead atoms. The number of rotatable bonds is 6. The lowest BCUT2D eigenvalue weighted by atomic mass is 10.0. The van der Waals surface area contributed by atoms with Crippen molar-refractivity contribution in [3.63, 3.8) is 0 Å². The van der Waals surface area contributed by atoms with Crippen molar-refractivity contribution in [1.29, 1.82) is 0 Å². The van der Waals surface area contributed by atoms with E-state index in [0.29, 0.717) is 18.6 Å². The Labute approximate surface area is 178 Å². The Morgan fingerprint density at radius 3 is 2.60 bits per heavy atom. The summed E-state index contributed by atoms with van der Waals surface area (Å²) in [5, 5.41) is 4.70. The molecule has 2 heterocycles. The number of fused-ring (bicyclic) bond motifs is 1. The minimum atomic E-state index is 0.122. The molecule has 0 saturated carbocycles. The number of hydrogen-bond donors (Lipinski definition) is 1. The number of nitrogens with one attached hydrogen (secondary N) is 1. The van der Waals surface area contributed by atoms with Gasteiger partial charge in [-0.1, -0.05) is 44.2 Å². The molecule has 1 saturated heterocycles. The molecule has 0 radical (unpaired) electrons. The number of likely N-dealkylation sites (tertiary alicyclic amines) is 1. The van der Waals surface area contributed by atoms with Crippen LogP contribution in [0.2, 0.25) is 0 Å². The highest BCUT2D eigenvalue weighted by molar-refractivity contribution is 5.99. The van der Waals surface area contributed by atoms with Gasteiger partial charge in [-0.2, -0.15) is 0 Å². The zero-order valence-electron chi connectivity index (χ0n) is 18.1. The molecule has 0 spiro atoms. The maximum Gasteiger partial charge on any atom is 0.270 e. The summed E-state index contributed by atoms with van der Waals surface area (Å²) < 4.78 is 7.53. The van der Waals surface area contributed by atoms with Crippen LogP contribution in [0, 0.1) is 0 Å². The summed E-state index contributed by atoms with van der Waals surface area (Å²) in [6.07, 6.45) is 2.00. The minimum Gasteiger partial charge on any atom is -0.497 e. The van der Waals surface area contributed by atoms with Gasteiger partial charge in [-0.25, -0.2) is 0 Å². The van der Waals surface area contributed by atoms with Crippen molar-refractivity contribution in [2.24, 2.45) is 0 Å². The number of carbonyl (C=O) groups excluding carboxylic acids is 1. The van der Waals surface area contributed by atoms with E-state index in [4.69, 9.17) is 4.74 Å². The first kappa shape index (κ1) is 20.5. The van der Waals surface area contributed by atoms with Crippen molar-refractivity contribution in [2.75, 3.05) is 20.2 Å². The highest BCUT2D eigenvalue weighted by Crippen LogP contribution is 2.25. The first-order chi connectivity index (χ1) is 14.5. The molecule has 1 aliphatic heterocycles. The van der Waals surface area contributed by atoms with E-state index in [1.807, 2.05) is 41.3 Å². The lowest BCUT2D eigenvalue weighted by Crippen LogP contribution is -2.47. The van der Waals surface area contributed by atoms with Gasteiger partial charge < -0.3 is 19.5 Å². The molecule has 1 aromatic heterocycles. The average Bonchev–Trinajstić information content (AvgIpc) is 3.12. The second kappa shape index (κ2) is 8.92. The van der Waals surface area contributed by atoms with Gasteiger partial charge in [0.15, 0.2) is 0 Å². The Hall–Kier alpha value is -2.79. The summed E-state index contributed by atoms with van der Waals surface area (Å²) >= 11 is 0. The Morgan fingerprint density at radius 2 is 1.87 bits per heavy atom. The monoisotopic (exact) mass is 405 g/mol. The summed E-state index contributed by atoms with van der Waals surface area (Å²) in [6, 6.07) is 19.3. The predicted molar refractivity (Wildman–Crippen MR) is 121 cm³/mol. The van der Waals surface area contributed by atoms with Crippen LogP contribution in [0.4, 0.5) is 0 Å². The lowest BCUT2D eigenvalue weighted by Gasteiger charge is -2.33. The Kier molecular flexibility index (Phi) is 6.09. The summed E-state index contributed by atoms with van der Waals surface area (Å²) in [6.45, 7) is 6.58. The van der Waals surface area contributed by atoms with Crippen molar-refractivity contribution in [3.05, 3.63) is 65.9 Å². The number of benzene rings is 2. The fourth-order valence-corrected chi connectivity index (χ4v) is 4.39. The van der Waals surface area contributed by atoms with Gasteiger partial charge in [0.2, 0.25) is 0 Å². The summed E-state index contributed by atoms with van der Waals surface area (Å²) in [7, 11) is 1.68. The van der Waals surface area contributed by atoms with Crippen molar-refractivity contribution < 1.29 is 9.53 Å². The molecule has 3 aromatic rings. The van der Waals surface area contributed by atoms with Crippen molar-refractivity contribution in [1.82, 2.24) is 14.8 Å². The standard InChI is InChI=1S/C25H31N3O2/c1-18(2)26-21-11-13-27(14-12-21)25(29)24-16-20-8-4-5-10-23(20)28(24)17-19-7-6-9-22(15-19)30-3/h4-10,15-16,18,21,26H,11-14,17H2,1-3H3. The van der Waals surface area contributed by atoms with Crippen LogP contribution in [-0.4, -0.2) is 47.7 Å². The highest BCUT2D eigenvalue weighted by Gasteiger charge is 2.26. The van der Waals surface area contributed by atoms with Crippen LogP contribution in [-0.2, 0) is 6.54 Å². The molecular formula is C25H31N3O2. The van der Waals surface area contributed by atoms with Gasteiger partial charge in [-0.05, 0) is 42.7 Å². The van der Waals surface area contributed by atoms with E-state index in [-0.39, 0.29) is 5.91 Å². The quantitative estimate of drug-likeness (QED) is 0.665. The van der Waals surface area contributed by atoms with Crippen LogP contribution in [0.15, 0.2) is 54.6 Å². The largest absolute Gasteiger partial charge is 0.497 e. The first-order valence-electron chi connectivity index (χ1n) is 10.8. The predicted octanol–water partition coefficient (Wildman–Crippen LogP) is 4.30. The van der Waals surface area contributed by atoms with E-state index in [1.54, 1.807) is 7.11 Å². The third-order valence-corrected chi connectivity index (χ3v) is 5.86. The number of aromatic nitrogens is 1. The smallest absolute Gasteiger partial charge is 0.270 e. The summed E-state index contributed by atoms with van der Waals surface area (Å²) in [5.74, 6) is 0.952. The fourth-order valence-electron chi connectivity index (χ4n) is 4.39. The Bertz CT molecular complexity index is 1020. The summed E-state index contributed by atoms with van der Waals surface area (Å²) in [5.41, 5.74) is 2.96. The second-order valence-electron chi connectivity index (χ2n) is 8.41. The van der Waals surface area contributed by atoms with Crippen molar-refractivity contribution >= 4 is 16.8 Å². The number of carbonyl (C=O) groups is 1. The minimum absolute atomic E-state index is 0.122. The van der Waals surface area contributed by atoms with Gasteiger partial charge >= 0.3 is 0 Å². The maximum absolute atomic E-state index is 13.5. The Balaban J connectivity index is 1.61. The van der Waals surface area contributed by atoms with E-state index in [1.165, 1.54) is 0 Å². The van der Waals surface area contributed by atoms with Crippen LogP contribution < -0.4 is 10.1 Å². The molecule has 1 amide bonds. The molecule has 0 unspecified atom stereocenters. The van der Waals surface area contributed by atoms with Crippen LogP contribution in [0.25, 0.3) is 10.9 Å². The molecule has 30 heavy (non-hydrogen) atoms. The van der Waals surface area contributed by atoms with Gasteiger partial charge in [0.25, 0.3) is 5.91 Å². The van der Waals surface area contributed by atoms with E-state index in [2.05, 4.69) is 41.9 Å². The lowest BCUT2D eigenvalue weighted by molar-refractivity contribution is 0.0693.